The molecule has 1 amide bonds. The van der Waals surface area contributed by atoms with Gasteiger partial charge in [-0.25, -0.2) is 4.79 Å². The first-order valence-electron chi connectivity index (χ1n) is 9.30. The zero-order valence-electron chi connectivity index (χ0n) is 15.5. The SMILES string of the molecule is CN(CCC(=O)OC12CC3CC(CC(C3)C1)C2)C(=O)OC(C)(C)C. The van der Waals surface area contributed by atoms with Crippen molar-refractivity contribution >= 4 is 12.1 Å². The molecule has 0 spiro atoms. The highest BCUT2D eigenvalue weighted by Gasteiger charge is 2.53. The van der Waals surface area contributed by atoms with Crippen LogP contribution in [0.4, 0.5) is 4.79 Å². The van der Waals surface area contributed by atoms with Gasteiger partial charge in [-0.2, -0.15) is 0 Å². The summed E-state index contributed by atoms with van der Waals surface area (Å²) in [5, 5.41) is 0. The van der Waals surface area contributed by atoms with Crippen LogP contribution in [-0.4, -0.2) is 41.8 Å². The number of hydrogen-bond acceptors (Lipinski definition) is 4. The Kier molecular flexibility index (Phi) is 4.56. The van der Waals surface area contributed by atoms with Gasteiger partial charge >= 0.3 is 12.1 Å². The highest BCUT2D eigenvalue weighted by atomic mass is 16.6. The summed E-state index contributed by atoms with van der Waals surface area (Å²) in [5.41, 5.74) is -0.721. The first kappa shape index (κ1) is 17.6. The Hall–Kier alpha value is -1.26. The van der Waals surface area contributed by atoms with E-state index in [2.05, 4.69) is 0 Å². The Bertz CT molecular complexity index is 473. The van der Waals surface area contributed by atoms with E-state index in [1.807, 2.05) is 20.8 Å². The second-order valence-electron chi connectivity index (χ2n) is 9.23. The number of carbonyl (C=O) groups is 2. The maximum absolute atomic E-state index is 12.3. The predicted molar refractivity (Wildman–Crippen MR) is 90.5 cm³/mol. The van der Waals surface area contributed by atoms with Crippen molar-refractivity contribution in [2.45, 2.75) is 76.9 Å². The Morgan fingerprint density at radius 2 is 1.54 bits per heavy atom. The van der Waals surface area contributed by atoms with E-state index >= 15 is 0 Å². The molecule has 5 heteroatoms. The highest BCUT2D eigenvalue weighted by Crippen LogP contribution is 2.57. The minimum absolute atomic E-state index is 0.174. The molecule has 24 heavy (non-hydrogen) atoms. The van der Waals surface area contributed by atoms with E-state index < -0.39 is 11.7 Å². The Balaban J connectivity index is 1.47. The van der Waals surface area contributed by atoms with Crippen LogP contribution in [0, 0.1) is 17.8 Å². The number of hydrogen-bond donors (Lipinski definition) is 0. The minimum atomic E-state index is -0.523. The number of ether oxygens (including phenoxy) is 2. The van der Waals surface area contributed by atoms with Crippen molar-refractivity contribution in [3.05, 3.63) is 0 Å². The molecule has 4 aliphatic rings. The van der Waals surface area contributed by atoms with Crippen molar-refractivity contribution in [2.75, 3.05) is 13.6 Å². The third-order valence-electron chi connectivity index (χ3n) is 5.67. The summed E-state index contributed by atoms with van der Waals surface area (Å²) in [6, 6.07) is 0. The average Bonchev–Trinajstić information content (AvgIpc) is 2.40. The number of esters is 1. The van der Waals surface area contributed by atoms with Gasteiger partial charge in [0.1, 0.15) is 11.2 Å². The zero-order valence-corrected chi connectivity index (χ0v) is 15.5. The fourth-order valence-corrected chi connectivity index (χ4v) is 5.14. The van der Waals surface area contributed by atoms with E-state index in [4.69, 9.17) is 9.47 Å². The molecule has 0 heterocycles. The van der Waals surface area contributed by atoms with Gasteiger partial charge in [-0.05, 0) is 77.0 Å². The van der Waals surface area contributed by atoms with Crippen LogP contribution in [0.3, 0.4) is 0 Å². The van der Waals surface area contributed by atoms with Gasteiger partial charge in [0.2, 0.25) is 0 Å². The molecule has 0 radical (unpaired) electrons. The van der Waals surface area contributed by atoms with Gasteiger partial charge in [0, 0.05) is 13.6 Å². The van der Waals surface area contributed by atoms with Gasteiger partial charge in [0.05, 0.1) is 6.42 Å². The normalized spacial score (nSPS) is 34.1. The zero-order chi connectivity index (χ0) is 17.5. The van der Waals surface area contributed by atoms with Gasteiger partial charge in [0.25, 0.3) is 0 Å². The van der Waals surface area contributed by atoms with E-state index in [-0.39, 0.29) is 18.0 Å². The molecule has 0 aromatic rings. The van der Waals surface area contributed by atoms with Gasteiger partial charge in [0.15, 0.2) is 0 Å². The second kappa shape index (κ2) is 6.23. The molecule has 4 rings (SSSR count). The number of carbonyl (C=O) groups excluding carboxylic acids is 2. The first-order chi connectivity index (χ1) is 11.1. The molecular weight excluding hydrogens is 306 g/mol. The van der Waals surface area contributed by atoms with Crippen LogP contribution in [0.1, 0.15) is 65.7 Å². The molecule has 0 N–H and O–H groups in total. The first-order valence-corrected chi connectivity index (χ1v) is 9.30. The third kappa shape index (κ3) is 4.04. The van der Waals surface area contributed by atoms with Crippen molar-refractivity contribution < 1.29 is 19.1 Å². The van der Waals surface area contributed by atoms with Crippen LogP contribution < -0.4 is 0 Å². The standard InChI is InChI=1S/C19H31NO4/c1-18(2,3)24-17(22)20(4)6-5-16(21)23-19-10-13-7-14(11-19)9-15(8-13)12-19/h13-15H,5-12H2,1-4H3. The molecule has 4 aliphatic carbocycles. The Morgan fingerprint density at radius 1 is 1.04 bits per heavy atom. The number of rotatable bonds is 4. The molecule has 0 aromatic heterocycles. The van der Waals surface area contributed by atoms with E-state index in [9.17, 15) is 9.59 Å². The van der Waals surface area contributed by atoms with Crippen LogP contribution >= 0.6 is 0 Å². The van der Waals surface area contributed by atoms with E-state index in [1.165, 1.54) is 24.2 Å². The molecule has 4 fully saturated rings. The topological polar surface area (TPSA) is 55.8 Å². The van der Waals surface area contributed by atoms with E-state index in [0.717, 1.165) is 37.0 Å². The molecule has 0 unspecified atom stereocenters. The number of amides is 1. The van der Waals surface area contributed by atoms with Crippen molar-refractivity contribution in [2.24, 2.45) is 17.8 Å². The summed E-state index contributed by atoms with van der Waals surface area (Å²) < 4.78 is 11.3. The summed E-state index contributed by atoms with van der Waals surface area (Å²) in [7, 11) is 1.66. The molecule has 0 aliphatic heterocycles. The van der Waals surface area contributed by atoms with Crippen molar-refractivity contribution in [3.8, 4) is 0 Å². The molecule has 136 valence electrons. The van der Waals surface area contributed by atoms with E-state index in [0.29, 0.717) is 6.54 Å². The summed E-state index contributed by atoms with van der Waals surface area (Å²) in [6.45, 7) is 5.83. The average molecular weight is 337 g/mol. The fourth-order valence-electron chi connectivity index (χ4n) is 5.14. The van der Waals surface area contributed by atoms with Gasteiger partial charge in [-0.3, -0.25) is 4.79 Å². The lowest BCUT2D eigenvalue weighted by molar-refractivity contribution is -0.186. The second-order valence-corrected chi connectivity index (χ2v) is 9.23. The Labute approximate surface area is 145 Å². The maximum Gasteiger partial charge on any atom is 0.410 e. The predicted octanol–water partition coefficient (Wildman–Crippen LogP) is 3.76. The van der Waals surface area contributed by atoms with Crippen molar-refractivity contribution in [1.29, 1.82) is 0 Å². The lowest BCUT2D eigenvalue weighted by Gasteiger charge is -2.55. The Morgan fingerprint density at radius 3 is 2.00 bits per heavy atom. The molecule has 5 nitrogen and oxygen atoms in total. The fraction of sp³-hybridized carbons (Fsp3) is 0.895. The quantitative estimate of drug-likeness (QED) is 0.733. The maximum atomic E-state index is 12.3. The van der Waals surface area contributed by atoms with Crippen molar-refractivity contribution in [3.63, 3.8) is 0 Å². The van der Waals surface area contributed by atoms with Crippen LogP contribution in [0.25, 0.3) is 0 Å². The lowest BCUT2D eigenvalue weighted by Crippen LogP contribution is -2.52. The van der Waals surface area contributed by atoms with Gasteiger partial charge in [-0.1, -0.05) is 0 Å². The van der Waals surface area contributed by atoms with E-state index in [1.54, 1.807) is 7.05 Å². The van der Waals surface area contributed by atoms with Crippen LogP contribution in [0.2, 0.25) is 0 Å². The number of nitrogens with zero attached hydrogens (tertiary/aromatic N) is 1. The van der Waals surface area contributed by atoms with Crippen LogP contribution in [0.5, 0.6) is 0 Å². The third-order valence-corrected chi connectivity index (χ3v) is 5.67. The van der Waals surface area contributed by atoms with Crippen molar-refractivity contribution in [1.82, 2.24) is 4.90 Å². The summed E-state index contributed by atoms with van der Waals surface area (Å²) in [5.74, 6) is 2.10. The molecule has 0 aromatic carbocycles. The molecule has 0 atom stereocenters. The molecule has 4 bridgehead atoms. The summed E-state index contributed by atoms with van der Waals surface area (Å²) in [4.78, 5) is 25.7. The largest absolute Gasteiger partial charge is 0.459 e. The monoisotopic (exact) mass is 337 g/mol. The van der Waals surface area contributed by atoms with Gasteiger partial charge in [-0.15, -0.1) is 0 Å². The highest BCUT2D eigenvalue weighted by molar-refractivity contribution is 5.72. The van der Waals surface area contributed by atoms with Gasteiger partial charge < -0.3 is 14.4 Å². The molecule has 4 saturated carbocycles. The summed E-state index contributed by atoms with van der Waals surface area (Å²) in [6.07, 6.45) is 6.97. The minimum Gasteiger partial charge on any atom is -0.459 e. The van der Waals surface area contributed by atoms with Crippen LogP contribution in [0.15, 0.2) is 0 Å². The smallest absolute Gasteiger partial charge is 0.410 e. The molecular formula is C19H31NO4. The van der Waals surface area contributed by atoms with Crippen LogP contribution in [-0.2, 0) is 14.3 Å². The summed E-state index contributed by atoms with van der Waals surface area (Å²) >= 11 is 0. The molecule has 0 saturated heterocycles. The lowest BCUT2D eigenvalue weighted by atomic mass is 9.54.